The Bertz CT molecular complexity index is 1270. The van der Waals surface area contributed by atoms with Gasteiger partial charge in [-0.3, -0.25) is 0 Å². The number of aryl methyl sites for hydroxylation is 2. The van der Waals surface area contributed by atoms with Gasteiger partial charge in [0.1, 0.15) is 10.8 Å². The molecule has 1 aromatic heterocycles. The highest BCUT2D eigenvalue weighted by molar-refractivity contribution is 7.99. The van der Waals surface area contributed by atoms with Crippen LogP contribution in [0.1, 0.15) is 38.6 Å². The van der Waals surface area contributed by atoms with E-state index in [9.17, 15) is 23.4 Å². The van der Waals surface area contributed by atoms with E-state index >= 15 is 0 Å². The van der Waals surface area contributed by atoms with Crippen LogP contribution in [0.25, 0.3) is 10.6 Å². The zero-order valence-electron chi connectivity index (χ0n) is 18.4. The van der Waals surface area contributed by atoms with Crippen molar-refractivity contribution in [2.75, 3.05) is 0 Å². The number of aliphatic hydroxyl groups excluding tert-OH is 1. The van der Waals surface area contributed by atoms with Gasteiger partial charge in [-0.1, -0.05) is 42.5 Å². The fourth-order valence-electron chi connectivity index (χ4n) is 3.53. The third-order valence-electron chi connectivity index (χ3n) is 5.41. The summed E-state index contributed by atoms with van der Waals surface area (Å²) >= 11 is 2.82. The quantitative estimate of drug-likeness (QED) is 0.266. The van der Waals surface area contributed by atoms with Crippen LogP contribution in [0.4, 0.5) is 13.2 Å². The fraction of sp³-hybridized carbons (Fsp3) is 0.192. The number of phenols is 1. The molecule has 176 valence electrons. The predicted molar refractivity (Wildman–Crippen MR) is 130 cm³/mol. The lowest BCUT2D eigenvalue weighted by Crippen LogP contribution is -2.08. The van der Waals surface area contributed by atoms with Crippen molar-refractivity contribution in [3.63, 3.8) is 0 Å². The molecule has 4 rings (SSSR count). The summed E-state index contributed by atoms with van der Waals surface area (Å²) in [5.74, 6) is 0.197. The normalized spacial score (nSPS) is 13.6. The number of rotatable bonds is 6. The van der Waals surface area contributed by atoms with E-state index in [4.69, 9.17) is 0 Å². The monoisotopic (exact) mass is 501 g/mol. The van der Waals surface area contributed by atoms with E-state index in [2.05, 4.69) is 4.98 Å². The van der Waals surface area contributed by atoms with E-state index in [-0.39, 0.29) is 5.75 Å². The number of phenolic OH excluding ortho intramolecular Hbond substituents is 1. The molecule has 2 atom stereocenters. The average molecular weight is 502 g/mol. The Kier molecular flexibility index (Phi) is 7.02. The maximum absolute atomic E-state index is 12.9. The Morgan fingerprint density at radius 3 is 2.24 bits per heavy atom. The van der Waals surface area contributed by atoms with Crippen molar-refractivity contribution in [3.05, 3.63) is 100 Å². The molecule has 4 aromatic rings. The molecule has 1 heterocycles. The van der Waals surface area contributed by atoms with Crippen LogP contribution in [-0.2, 0) is 6.18 Å². The van der Waals surface area contributed by atoms with Gasteiger partial charge < -0.3 is 10.2 Å². The smallest absolute Gasteiger partial charge is 0.416 e. The molecule has 8 heteroatoms. The van der Waals surface area contributed by atoms with Crippen molar-refractivity contribution in [1.29, 1.82) is 0 Å². The number of alkyl halides is 3. The molecule has 0 aliphatic carbocycles. The van der Waals surface area contributed by atoms with Crippen LogP contribution in [0.2, 0.25) is 0 Å². The first-order valence-electron chi connectivity index (χ1n) is 10.5. The first kappa shape index (κ1) is 24.3. The molecule has 0 saturated heterocycles. The predicted octanol–water partition coefficient (Wildman–Crippen LogP) is 7.72. The molecule has 0 radical (unpaired) electrons. The molecule has 0 saturated carbocycles. The van der Waals surface area contributed by atoms with Gasteiger partial charge in [0.25, 0.3) is 0 Å². The van der Waals surface area contributed by atoms with Crippen LogP contribution >= 0.6 is 23.1 Å². The van der Waals surface area contributed by atoms with Crippen LogP contribution in [-0.4, -0.2) is 15.2 Å². The SMILES string of the molecule is Cc1cc(SC(c2sc(-c3ccc(C(F)(F)F)cc3)nc2C)C(O)c2ccccc2)ccc1O. The summed E-state index contributed by atoms with van der Waals surface area (Å²) in [5, 5.41) is 21.4. The minimum Gasteiger partial charge on any atom is -0.508 e. The Balaban J connectivity index is 1.72. The molecule has 0 amide bonds. The summed E-state index contributed by atoms with van der Waals surface area (Å²) in [7, 11) is 0. The Morgan fingerprint density at radius 2 is 1.62 bits per heavy atom. The molecule has 0 aliphatic rings. The molecule has 2 unspecified atom stereocenters. The van der Waals surface area contributed by atoms with Crippen LogP contribution in [0.5, 0.6) is 5.75 Å². The highest BCUT2D eigenvalue weighted by Gasteiger charge is 2.31. The van der Waals surface area contributed by atoms with E-state index in [0.717, 1.165) is 33.0 Å². The second-order valence-corrected chi connectivity index (χ2v) is 10.1. The molecule has 0 aliphatic heterocycles. The lowest BCUT2D eigenvalue weighted by Gasteiger charge is -2.23. The molecular weight excluding hydrogens is 479 g/mol. The number of hydrogen-bond acceptors (Lipinski definition) is 5. The number of aromatic hydroxyl groups is 1. The standard InChI is InChI=1S/C26H22F3NO2S2/c1-15-14-20(12-13-21(15)31)33-24(22(32)17-6-4-3-5-7-17)23-16(2)30-25(34-23)18-8-10-19(11-9-18)26(27,28)29/h3-14,22,24,31-32H,1-2H3. The van der Waals surface area contributed by atoms with Crippen LogP contribution < -0.4 is 0 Å². The van der Waals surface area contributed by atoms with Crippen molar-refractivity contribution >= 4 is 23.1 Å². The van der Waals surface area contributed by atoms with Crippen LogP contribution in [0, 0.1) is 13.8 Å². The van der Waals surface area contributed by atoms with Crippen molar-refractivity contribution in [1.82, 2.24) is 4.98 Å². The highest BCUT2D eigenvalue weighted by Crippen LogP contribution is 2.48. The zero-order valence-corrected chi connectivity index (χ0v) is 20.0. The molecule has 3 aromatic carbocycles. The number of nitrogens with zero attached hydrogens (tertiary/aromatic N) is 1. The Hall–Kier alpha value is -2.81. The van der Waals surface area contributed by atoms with E-state index < -0.39 is 23.1 Å². The average Bonchev–Trinajstić information content (AvgIpc) is 3.20. The summed E-state index contributed by atoms with van der Waals surface area (Å²) in [4.78, 5) is 6.33. The van der Waals surface area contributed by atoms with Crippen molar-refractivity contribution in [3.8, 4) is 16.3 Å². The zero-order chi connectivity index (χ0) is 24.5. The van der Waals surface area contributed by atoms with Gasteiger partial charge in [-0.25, -0.2) is 4.98 Å². The van der Waals surface area contributed by atoms with E-state index in [0.29, 0.717) is 16.3 Å². The lowest BCUT2D eigenvalue weighted by molar-refractivity contribution is -0.137. The lowest BCUT2D eigenvalue weighted by atomic mass is 10.0. The molecule has 2 N–H and O–H groups in total. The van der Waals surface area contributed by atoms with Crippen molar-refractivity contribution in [2.45, 2.75) is 36.3 Å². The Morgan fingerprint density at radius 1 is 0.941 bits per heavy atom. The minimum absolute atomic E-state index is 0.197. The third-order valence-corrected chi connectivity index (χ3v) is 8.12. The number of thiazole rings is 1. The molecule has 34 heavy (non-hydrogen) atoms. The number of benzene rings is 3. The van der Waals surface area contributed by atoms with E-state index in [1.807, 2.05) is 50.2 Å². The first-order chi connectivity index (χ1) is 16.1. The highest BCUT2D eigenvalue weighted by atomic mass is 32.2. The number of thioether (sulfide) groups is 1. The van der Waals surface area contributed by atoms with Crippen LogP contribution in [0.15, 0.2) is 77.7 Å². The summed E-state index contributed by atoms with van der Waals surface area (Å²) in [6, 6.07) is 19.5. The second-order valence-electron chi connectivity index (χ2n) is 7.89. The van der Waals surface area contributed by atoms with Crippen LogP contribution in [0.3, 0.4) is 0 Å². The molecule has 0 fully saturated rings. The van der Waals surface area contributed by atoms with Crippen molar-refractivity contribution < 1.29 is 23.4 Å². The van der Waals surface area contributed by atoms with Gasteiger partial charge in [-0.15, -0.1) is 23.1 Å². The Labute approximate surface area is 203 Å². The molecule has 0 spiro atoms. The maximum Gasteiger partial charge on any atom is 0.416 e. The van der Waals surface area contributed by atoms with Gasteiger partial charge in [-0.05, 0) is 55.3 Å². The number of halogens is 3. The minimum atomic E-state index is -4.40. The maximum atomic E-state index is 12.9. The van der Waals surface area contributed by atoms with Gasteiger partial charge in [0.05, 0.1) is 22.6 Å². The molecule has 3 nitrogen and oxygen atoms in total. The topological polar surface area (TPSA) is 53.4 Å². The number of hydrogen-bond donors (Lipinski definition) is 2. The van der Waals surface area contributed by atoms with Gasteiger partial charge in [0.2, 0.25) is 0 Å². The largest absolute Gasteiger partial charge is 0.508 e. The van der Waals surface area contributed by atoms with Gasteiger partial charge in [-0.2, -0.15) is 13.2 Å². The fourth-order valence-corrected chi connectivity index (χ4v) is 6.15. The number of aliphatic hydroxyl groups is 1. The molecule has 0 bridgehead atoms. The van der Waals surface area contributed by atoms with Gasteiger partial charge in [0.15, 0.2) is 0 Å². The van der Waals surface area contributed by atoms with Crippen molar-refractivity contribution in [2.24, 2.45) is 0 Å². The first-order valence-corrected chi connectivity index (χ1v) is 12.2. The van der Waals surface area contributed by atoms with Gasteiger partial charge in [0, 0.05) is 15.3 Å². The third kappa shape index (κ3) is 5.29. The summed E-state index contributed by atoms with van der Waals surface area (Å²) in [5.41, 5.74) is 2.07. The number of aromatic nitrogens is 1. The molecular formula is C26H22F3NO2S2. The second kappa shape index (κ2) is 9.82. The van der Waals surface area contributed by atoms with E-state index in [1.54, 1.807) is 12.1 Å². The summed E-state index contributed by atoms with van der Waals surface area (Å²) in [6.45, 7) is 3.65. The van der Waals surface area contributed by atoms with Gasteiger partial charge >= 0.3 is 6.18 Å². The summed E-state index contributed by atoms with van der Waals surface area (Å²) < 4.78 is 38.8. The summed E-state index contributed by atoms with van der Waals surface area (Å²) in [6.07, 6.45) is -5.24. The van der Waals surface area contributed by atoms with E-state index in [1.165, 1.54) is 35.2 Å².